The van der Waals surface area contributed by atoms with Crippen LogP contribution in [0.2, 0.25) is 0 Å². The Morgan fingerprint density at radius 1 is 1.07 bits per heavy atom. The van der Waals surface area contributed by atoms with Crippen molar-refractivity contribution in [2.45, 2.75) is 45.3 Å². The summed E-state index contributed by atoms with van der Waals surface area (Å²) in [6, 6.07) is 10.6. The Morgan fingerprint density at radius 2 is 1.93 bits per heavy atom. The molecule has 204 valence electrons. The van der Waals surface area contributed by atoms with Crippen LogP contribution in [0.3, 0.4) is 0 Å². The van der Waals surface area contributed by atoms with Crippen molar-refractivity contribution in [2.75, 3.05) is 12.4 Å². The first kappa shape index (κ1) is 25.9. The first-order valence-corrected chi connectivity index (χ1v) is 13.7. The Morgan fingerprint density at radius 3 is 2.65 bits per heavy atom. The molecule has 11 heteroatoms. The number of benzene rings is 2. The molecule has 1 saturated carbocycles. The number of nitrogens with zero attached hydrogens (tertiary/aromatic N) is 4. The number of anilines is 1. The molecule has 1 amide bonds. The SMILES string of the molecule is CCc1ccc(NC(=O)O[C@H]2CC[C@H]2Oc2cc3sc(-c4cc(C)cc5nc(OC)cnc45)nc3cc2F)cn1. The number of nitrogens with one attached hydrogen (secondary N) is 1. The Labute approximate surface area is 233 Å². The number of fused-ring (bicyclic) bond motifs is 2. The van der Waals surface area contributed by atoms with Crippen molar-refractivity contribution in [3.05, 3.63) is 65.9 Å². The molecule has 3 heterocycles. The second-order valence-corrected chi connectivity index (χ2v) is 10.6. The van der Waals surface area contributed by atoms with Gasteiger partial charge in [0.25, 0.3) is 0 Å². The molecule has 0 bridgehead atoms. The zero-order valence-electron chi connectivity index (χ0n) is 22.1. The molecule has 1 aliphatic carbocycles. The molecule has 1 aliphatic rings. The largest absolute Gasteiger partial charge is 0.483 e. The number of hydrogen-bond donors (Lipinski definition) is 1. The lowest BCUT2D eigenvalue weighted by atomic mass is 9.92. The van der Waals surface area contributed by atoms with Gasteiger partial charge in [-0.2, -0.15) is 0 Å². The minimum atomic E-state index is -0.599. The van der Waals surface area contributed by atoms with E-state index in [0.29, 0.717) is 46.0 Å². The Hall–Kier alpha value is -4.38. The molecule has 0 radical (unpaired) electrons. The van der Waals surface area contributed by atoms with E-state index in [0.717, 1.165) is 27.9 Å². The second kappa shape index (κ2) is 10.6. The quantitative estimate of drug-likeness (QED) is 0.241. The topological polar surface area (TPSA) is 108 Å². The van der Waals surface area contributed by atoms with Crippen LogP contribution in [0.5, 0.6) is 11.6 Å². The monoisotopic (exact) mass is 559 g/mol. The van der Waals surface area contributed by atoms with E-state index < -0.39 is 24.1 Å². The number of ether oxygens (including phenoxy) is 3. The molecule has 0 spiro atoms. The summed E-state index contributed by atoms with van der Waals surface area (Å²) < 4.78 is 32.5. The lowest BCUT2D eigenvalue weighted by molar-refractivity contribution is -0.0431. The molecule has 1 fully saturated rings. The van der Waals surface area contributed by atoms with Crippen molar-refractivity contribution < 1.29 is 23.4 Å². The number of carbonyl (C=O) groups is 1. The van der Waals surface area contributed by atoms with Crippen LogP contribution in [0.15, 0.2) is 48.8 Å². The maximum Gasteiger partial charge on any atom is 0.412 e. The van der Waals surface area contributed by atoms with Crippen LogP contribution in [0.4, 0.5) is 14.9 Å². The number of aryl methyl sites for hydroxylation is 2. The summed E-state index contributed by atoms with van der Waals surface area (Å²) >= 11 is 1.42. The molecule has 0 unspecified atom stereocenters. The lowest BCUT2D eigenvalue weighted by Crippen LogP contribution is -2.45. The van der Waals surface area contributed by atoms with Crippen LogP contribution in [0, 0.1) is 12.7 Å². The van der Waals surface area contributed by atoms with E-state index in [-0.39, 0.29) is 5.75 Å². The number of hydrogen-bond acceptors (Lipinski definition) is 9. The average Bonchev–Trinajstić information content (AvgIpc) is 3.36. The van der Waals surface area contributed by atoms with Crippen LogP contribution < -0.4 is 14.8 Å². The van der Waals surface area contributed by atoms with Gasteiger partial charge in [-0.25, -0.2) is 24.1 Å². The predicted octanol–water partition coefficient (Wildman–Crippen LogP) is 6.48. The summed E-state index contributed by atoms with van der Waals surface area (Å²) in [6.07, 6.45) is 3.71. The maximum atomic E-state index is 15.1. The summed E-state index contributed by atoms with van der Waals surface area (Å²) in [5, 5.41) is 3.37. The van der Waals surface area contributed by atoms with Gasteiger partial charge >= 0.3 is 6.09 Å². The highest BCUT2D eigenvalue weighted by molar-refractivity contribution is 7.21. The van der Waals surface area contributed by atoms with Crippen molar-refractivity contribution in [3.63, 3.8) is 0 Å². The molecule has 40 heavy (non-hydrogen) atoms. The number of carbonyl (C=O) groups excluding carboxylic acids is 1. The van der Waals surface area contributed by atoms with Crippen molar-refractivity contribution >= 4 is 44.4 Å². The molecule has 3 aromatic heterocycles. The molecule has 9 nitrogen and oxygen atoms in total. The van der Waals surface area contributed by atoms with Gasteiger partial charge in [-0.3, -0.25) is 10.3 Å². The number of thiazole rings is 1. The molecular formula is C29H26FN5O4S. The Bertz CT molecular complexity index is 1730. The fourth-order valence-electron chi connectivity index (χ4n) is 4.51. The standard InChI is InChI=1S/C29H26FN5O4S/c1-4-16-5-6-17(13-31-16)33-29(36)39-23-8-7-22(23)38-24-12-25-20(11-19(24)30)35-28(40-25)18-9-15(2)10-21-27(18)32-14-26(34-21)37-3/h5-6,9-14,22-23H,4,7-8H2,1-3H3,(H,33,36)/t22-,23+/m1/s1. The van der Waals surface area contributed by atoms with Gasteiger partial charge in [-0.1, -0.05) is 6.92 Å². The third-order valence-corrected chi connectivity index (χ3v) is 7.82. The van der Waals surface area contributed by atoms with E-state index in [1.807, 2.05) is 32.0 Å². The van der Waals surface area contributed by atoms with E-state index in [2.05, 4.69) is 25.3 Å². The molecule has 5 aromatic rings. The fraction of sp³-hybridized carbons (Fsp3) is 0.276. The summed E-state index contributed by atoms with van der Waals surface area (Å²) in [7, 11) is 1.55. The fourth-order valence-corrected chi connectivity index (χ4v) is 5.50. The van der Waals surface area contributed by atoms with Crippen molar-refractivity contribution in [3.8, 4) is 22.2 Å². The zero-order chi connectivity index (χ0) is 27.8. The van der Waals surface area contributed by atoms with E-state index in [9.17, 15) is 4.79 Å². The van der Waals surface area contributed by atoms with Gasteiger partial charge in [0.05, 0.1) is 46.4 Å². The number of rotatable bonds is 7. The van der Waals surface area contributed by atoms with Gasteiger partial charge in [0.1, 0.15) is 17.2 Å². The second-order valence-electron chi connectivity index (χ2n) is 9.56. The van der Waals surface area contributed by atoms with E-state index in [4.69, 9.17) is 14.2 Å². The van der Waals surface area contributed by atoms with Crippen molar-refractivity contribution in [1.29, 1.82) is 0 Å². The average molecular weight is 560 g/mol. The van der Waals surface area contributed by atoms with Crippen LogP contribution in [-0.2, 0) is 11.2 Å². The highest BCUT2D eigenvalue weighted by Gasteiger charge is 2.37. The smallest absolute Gasteiger partial charge is 0.412 e. The third kappa shape index (κ3) is 5.12. The number of pyridine rings is 1. The highest BCUT2D eigenvalue weighted by Crippen LogP contribution is 2.38. The third-order valence-electron chi connectivity index (χ3n) is 6.77. The summed E-state index contributed by atoms with van der Waals surface area (Å²) in [5.74, 6) is -0.00447. The minimum absolute atomic E-state index is 0.0967. The number of methoxy groups -OCH3 is 1. The van der Waals surface area contributed by atoms with E-state index in [1.54, 1.807) is 31.6 Å². The molecule has 0 aliphatic heterocycles. The van der Waals surface area contributed by atoms with Crippen molar-refractivity contribution in [2.24, 2.45) is 0 Å². The highest BCUT2D eigenvalue weighted by atomic mass is 32.1. The van der Waals surface area contributed by atoms with Crippen molar-refractivity contribution in [1.82, 2.24) is 19.9 Å². The van der Waals surface area contributed by atoms with Gasteiger partial charge in [-0.15, -0.1) is 11.3 Å². The minimum Gasteiger partial charge on any atom is -0.483 e. The summed E-state index contributed by atoms with van der Waals surface area (Å²) in [5.41, 5.74) is 5.18. The molecule has 1 N–H and O–H groups in total. The summed E-state index contributed by atoms with van der Waals surface area (Å²) in [4.78, 5) is 30.4. The van der Waals surface area contributed by atoms with E-state index in [1.165, 1.54) is 17.4 Å². The maximum absolute atomic E-state index is 15.1. The van der Waals surface area contributed by atoms with Gasteiger partial charge in [0.2, 0.25) is 5.88 Å². The number of amides is 1. The molecule has 6 rings (SSSR count). The molecule has 2 atom stereocenters. The first-order valence-electron chi connectivity index (χ1n) is 12.9. The van der Waals surface area contributed by atoms with Crippen LogP contribution in [0.25, 0.3) is 31.8 Å². The Balaban J connectivity index is 1.19. The normalized spacial score (nSPS) is 16.5. The molecule has 0 saturated heterocycles. The van der Waals surface area contributed by atoms with Crippen LogP contribution in [-0.4, -0.2) is 45.3 Å². The number of aromatic nitrogens is 4. The first-order chi connectivity index (χ1) is 19.4. The zero-order valence-corrected chi connectivity index (χ0v) is 22.9. The van der Waals surface area contributed by atoms with Gasteiger partial charge in [0.15, 0.2) is 11.6 Å². The Kier molecular flexibility index (Phi) is 6.89. The lowest BCUT2D eigenvalue weighted by Gasteiger charge is -2.35. The van der Waals surface area contributed by atoms with Gasteiger partial charge < -0.3 is 14.2 Å². The van der Waals surface area contributed by atoms with Gasteiger partial charge in [0, 0.05) is 23.4 Å². The molecular weight excluding hydrogens is 533 g/mol. The van der Waals surface area contributed by atoms with Crippen LogP contribution >= 0.6 is 11.3 Å². The summed E-state index contributed by atoms with van der Waals surface area (Å²) in [6.45, 7) is 3.98. The molecule has 2 aromatic carbocycles. The predicted molar refractivity (Wildman–Crippen MR) is 151 cm³/mol. The van der Waals surface area contributed by atoms with Gasteiger partial charge in [-0.05, 0) is 56.0 Å². The van der Waals surface area contributed by atoms with Crippen LogP contribution in [0.1, 0.15) is 31.0 Å². The number of halogens is 1. The van der Waals surface area contributed by atoms with E-state index >= 15 is 4.39 Å².